The van der Waals surface area contributed by atoms with Crippen molar-refractivity contribution in [1.82, 2.24) is 0 Å². The fraction of sp³-hybridized carbons (Fsp3) is 0.118. The maximum atomic E-state index is 12.7. The van der Waals surface area contributed by atoms with Crippen LogP contribution in [0.5, 0.6) is 11.5 Å². The second-order valence-corrected chi connectivity index (χ2v) is 5.22. The van der Waals surface area contributed by atoms with Gasteiger partial charge >= 0.3 is 5.97 Å². The van der Waals surface area contributed by atoms with Crippen molar-refractivity contribution >= 4 is 23.2 Å². The van der Waals surface area contributed by atoms with Gasteiger partial charge in [-0.3, -0.25) is 14.6 Å². The normalized spacial score (nSPS) is 18.3. The number of hydrogen-bond acceptors (Lipinski definition) is 5. The minimum Gasteiger partial charge on any atom is -0.480 e. The SMILES string of the molecule is O=C(O)C1C(=O)c2cc3c(cc2N=C1c1ccccc1)OCO3. The van der Waals surface area contributed by atoms with Gasteiger partial charge in [-0.25, -0.2) is 0 Å². The van der Waals surface area contributed by atoms with E-state index in [1.165, 1.54) is 6.07 Å². The third kappa shape index (κ3) is 2.07. The van der Waals surface area contributed by atoms with Gasteiger partial charge in [0.1, 0.15) is 0 Å². The molecular weight excluding hydrogens is 298 g/mol. The fourth-order valence-corrected chi connectivity index (χ4v) is 2.76. The highest BCUT2D eigenvalue weighted by Gasteiger charge is 2.38. The first-order valence-electron chi connectivity index (χ1n) is 7.00. The number of aliphatic imine (C=N–C) groups is 1. The molecule has 2 heterocycles. The summed E-state index contributed by atoms with van der Waals surface area (Å²) < 4.78 is 10.5. The van der Waals surface area contributed by atoms with Crippen LogP contribution >= 0.6 is 0 Å². The number of carbonyl (C=O) groups is 2. The van der Waals surface area contributed by atoms with Gasteiger partial charge < -0.3 is 14.6 Å². The smallest absolute Gasteiger partial charge is 0.320 e. The summed E-state index contributed by atoms with van der Waals surface area (Å²) in [6.07, 6.45) is 0. The number of benzene rings is 2. The van der Waals surface area contributed by atoms with Crippen molar-refractivity contribution in [3.05, 3.63) is 53.6 Å². The number of aliphatic carboxylic acids is 1. The zero-order chi connectivity index (χ0) is 16.0. The number of fused-ring (bicyclic) bond motifs is 2. The molecule has 0 saturated carbocycles. The number of nitrogens with zero attached hydrogens (tertiary/aromatic N) is 1. The van der Waals surface area contributed by atoms with Crippen molar-refractivity contribution in [1.29, 1.82) is 0 Å². The van der Waals surface area contributed by atoms with E-state index in [9.17, 15) is 14.7 Å². The molecule has 2 aliphatic heterocycles. The number of Topliss-reactive ketones (excluding diaryl/α,β-unsaturated/α-hetero) is 1. The van der Waals surface area contributed by atoms with Crippen LogP contribution in [0, 0.1) is 5.92 Å². The fourth-order valence-electron chi connectivity index (χ4n) is 2.76. The van der Waals surface area contributed by atoms with Crippen LogP contribution in [-0.2, 0) is 4.79 Å². The number of carboxylic acids is 1. The van der Waals surface area contributed by atoms with Crippen LogP contribution in [-0.4, -0.2) is 29.4 Å². The van der Waals surface area contributed by atoms with Crippen molar-refractivity contribution in [2.24, 2.45) is 10.9 Å². The predicted octanol–water partition coefficient (Wildman–Crippen LogP) is 2.43. The van der Waals surface area contributed by atoms with Crippen molar-refractivity contribution in [3.63, 3.8) is 0 Å². The Morgan fingerprint density at radius 1 is 1.13 bits per heavy atom. The van der Waals surface area contributed by atoms with Crippen LogP contribution in [0.2, 0.25) is 0 Å². The average molecular weight is 309 g/mol. The molecule has 0 aromatic heterocycles. The zero-order valence-electron chi connectivity index (χ0n) is 11.9. The average Bonchev–Trinajstić information content (AvgIpc) is 3.01. The molecule has 1 N–H and O–H groups in total. The molecule has 1 atom stereocenters. The van der Waals surface area contributed by atoms with E-state index >= 15 is 0 Å². The molecule has 0 saturated heterocycles. The standard InChI is InChI=1S/C17H11NO5/c19-16-10-6-12-13(23-8-22-12)7-11(10)18-15(14(16)17(20)21)9-4-2-1-3-5-9/h1-7,14H,8H2,(H,20,21). The molecule has 114 valence electrons. The van der Waals surface area contributed by atoms with Crippen molar-refractivity contribution in [2.45, 2.75) is 0 Å². The molecule has 1 unspecified atom stereocenters. The first-order chi connectivity index (χ1) is 11.1. The van der Waals surface area contributed by atoms with Gasteiger partial charge in [-0.1, -0.05) is 30.3 Å². The maximum Gasteiger partial charge on any atom is 0.320 e. The molecule has 0 spiro atoms. The summed E-state index contributed by atoms with van der Waals surface area (Å²) in [5.74, 6) is -2.12. The summed E-state index contributed by atoms with van der Waals surface area (Å²) in [6.45, 7) is 0.0734. The summed E-state index contributed by atoms with van der Waals surface area (Å²) in [7, 11) is 0. The van der Waals surface area contributed by atoms with Crippen LogP contribution in [0.3, 0.4) is 0 Å². The van der Waals surface area contributed by atoms with E-state index in [-0.39, 0.29) is 18.1 Å². The van der Waals surface area contributed by atoms with Crippen LogP contribution < -0.4 is 9.47 Å². The molecule has 0 fully saturated rings. The largest absolute Gasteiger partial charge is 0.480 e. The summed E-state index contributed by atoms with van der Waals surface area (Å²) in [5.41, 5.74) is 1.47. The Bertz CT molecular complexity index is 857. The zero-order valence-corrected chi connectivity index (χ0v) is 11.9. The first kappa shape index (κ1) is 13.5. The first-order valence-corrected chi connectivity index (χ1v) is 7.00. The molecule has 0 aliphatic carbocycles. The van der Waals surface area contributed by atoms with E-state index in [0.717, 1.165) is 0 Å². The number of hydrogen-bond donors (Lipinski definition) is 1. The monoisotopic (exact) mass is 309 g/mol. The van der Waals surface area contributed by atoms with Gasteiger partial charge in [0.2, 0.25) is 6.79 Å². The quantitative estimate of drug-likeness (QED) is 0.861. The number of ether oxygens (including phenoxy) is 2. The van der Waals surface area contributed by atoms with Gasteiger partial charge in [-0.2, -0.15) is 0 Å². The Morgan fingerprint density at radius 2 is 1.83 bits per heavy atom. The molecule has 6 heteroatoms. The van der Waals surface area contributed by atoms with Crippen molar-refractivity contribution < 1.29 is 24.2 Å². The topological polar surface area (TPSA) is 85.2 Å². The molecule has 0 radical (unpaired) electrons. The van der Waals surface area contributed by atoms with E-state index in [1.54, 1.807) is 30.3 Å². The van der Waals surface area contributed by atoms with Crippen LogP contribution in [0.1, 0.15) is 15.9 Å². The van der Waals surface area contributed by atoms with Gasteiger partial charge in [-0.05, 0) is 11.6 Å². The summed E-state index contributed by atoms with van der Waals surface area (Å²) in [4.78, 5) is 28.7. The van der Waals surface area contributed by atoms with Crippen molar-refractivity contribution in [3.8, 4) is 11.5 Å². The molecule has 23 heavy (non-hydrogen) atoms. The number of carbonyl (C=O) groups excluding carboxylic acids is 1. The maximum absolute atomic E-state index is 12.7. The van der Waals surface area contributed by atoms with E-state index in [2.05, 4.69) is 4.99 Å². The van der Waals surface area contributed by atoms with Crippen molar-refractivity contribution in [2.75, 3.05) is 6.79 Å². The lowest BCUT2D eigenvalue weighted by Crippen LogP contribution is -2.34. The molecule has 2 aliphatic rings. The Morgan fingerprint density at radius 3 is 2.52 bits per heavy atom. The third-order valence-electron chi connectivity index (χ3n) is 3.85. The molecule has 4 rings (SSSR count). The number of carboxylic acid groups (broad SMARTS) is 1. The molecular formula is C17H11NO5. The van der Waals surface area contributed by atoms with E-state index in [1.807, 2.05) is 6.07 Å². The third-order valence-corrected chi connectivity index (χ3v) is 3.85. The van der Waals surface area contributed by atoms with Gasteiger partial charge in [0.05, 0.1) is 11.4 Å². The number of ketones is 1. The van der Waals surface area contributed by atoms with Gasteiger partial charge in [0, 0.05) is 11.6 Å². The van der Waals surface area contributed by atoms with E-state index in [4.69, 9.17) is 9.47 Å². The molecule has 0 bridgehead atoms. The highest BCUT2D eigenvalue weighted by atomic mass is 16.7. The van der Waals surface area contributed by atoms with Gasteiger partial charge in [0.15, 0.2) is 23.2 Å². The molecule has 6 nitrogen and oxygen atoms in total. The lowest BCUT2D eigenvalue weighted by atomic mass is 9.86. The molecule has 0 amide bonds. The van der Waals surface area contributed by atoms with E-state index in [0.29, 0.717) is 22.7 Å². The van der Waals surface area contributed by atoms with Gasteiger partial charge in [0.25, 0.3) is 0 Å². The van der Waals surface area contributed by atoms with E-state index < -0.39 is 17.7 Å². The summed E-state index contributed by atoms with van der Waals surface area (Å²) >= 11 is 0. The molecule has 2 aromatic rings. The Labute approximate surface area is 131 Å². The predicted molar refractivity (Wildman–Crippen MR) is 80.7 cm³/mol. The minimum absolute atomic E-state index is 0.0734. The Balaban J connectivity index is 1.93. The number of rotatable bonds is 2. The van der Waals surface area contributed by atoms with Crippen LogP contribution in [0.15, 0.2) is 47.5 Å². The lowest BCUT2D eigenvalue weighted by molar-refractivity contribution is -0.137. The second kappa shape index (κ2) is 4.95. The highest BCUT2D eigenvalue weighted by molar-refractivity contribution is 6.31. The molecule has 2 aromatic carbocycles. The van der Waals surface area contributed by atoms with Gasteiger partial charge in [-0.15, -0.1) is 0 Å². The lowest BCUT2D eigenvalue weighted by Gasteiger charge is -2.21. The summed E-state index contributed by atoms with van der Waals surface area (Å²) in [6, 6.07) is 11.9. The second-order valence-electron chi connectivity index (χ2n) is 5.22. The summed E-state index contributed by atoms with van der Waals surface area (Å²) in [5, 5.41) is 9.50. The van der Waals surface area contributed by atoms with Crippen LogP contribution in [0.4, 0.5) is 5.69 Å². The Hall–Kier alpha value is -3.15. The minimum atomic E-state index is -1.33. The van der Waals surface area contributed by atoms with Crippen LogP contribution in [0.25, 0.3) is 0 Å². The Kier molecular flexibility index (Phi) is 2.90. The highest BCUT2D eigenvalue weighted by Crippen LogP contribution is 2.41.